The van der Waals surface area contributed by atoms with E-state index < -0.39 is 5.97 Å². The van der Waals surface area contributed by atoms with E-state index in [2.05, 4.69) is 25.7 Å². The second kappa shape index (κ2) is 3.74. The lowest BCUT2D eigenvalue weighted by Gasteiger charge is -2.06. The number of ether oxygens (including phenoxy) is 1. The lowest BCUT2D eigenvalue weighted by Crippen LogP contribution is -2.07. The molecule has 0 bridgehead atoms. The number of methoxy groups -OCH3 is 1. The van der Waals surface area contributed by atoms with E-state index in [0.29, 0.717) is 10.0 Å². The van der Waals surface area contributed by atoms with E-state index in [1.54, 1.807) is 6.92 Å². The third-order valence-electron chi connectivity index (χ3n) is 1.63. The van der Waals surface area contributed by atoms with E-state index in [9.17, 15) is 4.79 Å². The fraction of sp³-hybridized carbons (Fsp3) is 0.250. The standard InChI is InChI=1S/C8H9BrN2O2/c1-4-3-11-7(10)6(9)5(4)8(12)13-2/h3H,1-2H3,(H2,10,11). The molecular formula is C8H9BrN2O2. The SMILES string of the molecule is COC(=O)c1c(C)cnc(N)c1Br. The Hall–Kier alpha value is -1.10. The van der Waals surface area contributed by atoms with Crippen LogP contribution in [0.2, 0.25) is 0 Å². The highest BCUT2D eigenvalue weighted by molar-refractivity contribution is 9.10. The average Bonchev–Trinajstić information content (AvgIpc) is 2.12. The van der Waals surface area contributed by atoms with Crippen molar-refractivity contribution in [3.8, 4) is 0 Å². The monoisotopic (exact) mass is 244 g/mol. The molecule has 1 rings (SSSR count). The molecule has 0 aliphatic carbocycles. The van der Waals surface area contributed by atoms with Crippen LogP contribution in [0.3, 0.4) is 0 Å². The smallest absolute Gasteiger partial charge is 0.339 e. The predicted octanol–water partition coefficient (Wildman–Crippen LogP) is 1.52. The molecule has 70 valence electrons. The number of hydrogen-bond donors (Lipinski definition) is 1. The number of nitrogens with zero attached hydrogens (tertiary/aromatic N) is 1. The molecule has 0 unspecified atom stereocenters. The van der Waals surface area contributed by atoms with Crippen molar-refractivity contribution in [2.24, 2.45) is 0 Å². The molecule has 0 atom stereocenters. The van der Waals surface area contributed by atoms with Gasteiger partial charge >= 0.3 is 5.97 Å². The van der Waals surface area contributed by atoms with Crippen LogP contribution >= 0.6 is 15.9 Å². The molecule has 0 amide bonds. The number of carbonyl (C=O) groups excluding carboxylic acids is 1. The van der Waals surface area contributed by atoms with Gasteiger partial charge in [-0.15, -0.1) is 0 Å². The van der Waals surface area contributed by atoms with E-state index in [4.69, 9.17) is 5.73 Å². The molecule has 1 heterocycles. The first kappa shape index (κ1) is 9.98. The molecule has 5 heteroatoms. The summed E-state index contributed by atoms with van der Waals surface area (Å²) in [7, 11) is 1.32. The van der Waals surface area contributed by atoms with Crippen molar-refractivity contribution in [3.05, 3.63) is 21.8 Å². The average molecular weight is 245 g/mol. The summed E-state index contributed by atoms with van der Waals surface area (Å²) in [6.45, 7) is 1.77. The second-order valence-corrected chi connectivity index (χ2v) is 3.30. The maximum absolute atomic E-state index is 11.3. The van der Waals surface area contributed by atoms with Gasteiger partial charge in [0.2, 0.25) is 0 Å². The number of carbonyl (C=O) groups is 1. The van der Waals surface area contributed by atoms with Gasteiger partial charge in [0.05, 0.1) is 17.1 Å². The summed E-state index contributed by atoms with van der Waals surface area (Å²) in [5, 5.41) is 0. The third-order valence-corrected chi connectivity index (χ3v) is 2.43. The highest BCUT2D eigenvalue weighted by Crippen LogP contribution is 2.25. The predicted molar refractivity (Wildman–Crippen MR) is 52.4 cm³/mol. The molecule has 4 nitrogen and oxygen atoms in total. The van der Waals surface area contributed by atoms with Gasteiger partial charge in [0, 0.05) is 6.20 Å². The summed E-state index contributed by atoms with van der Waals surface area (Å²) >= 11 is 3.18. The summed E-state index contributed by atoms with van der Waals surface area (Å²) in [6.07, 6.45) is 1.53. The van der Waals surface area contributed by atoms with Crippen molar-refractivity contribution < 1.29 is 9.53 Å². The zero-order valence-electron chi connectivity index (χ0n) is 7.30. The van der Waals surface area contributed by atoms with Gasteiger partial charge in [-0.25, -0.2) is 9.78 Å². The number of nitrogen functional groups attached to an aromatic ring is 1. The summed E-state index contributed by atoms with van der Waals surface area (Å²) in [5.74, 6) is -0.135. The molecule has 13 heavy (non-hydrogen) atoms. The van der Waals surface area contributed by atoms with Crippen molar-refractivity contribution in [1.29, 1.82) is 0 Å². The first-order chi connectivity index (χ1) is 6.07. The maximum Gasteiger partial charge on any atom is 0.339 e. The molecule has 1 aromatic rings. The Morgan fingerprint density at radius 3 is 2.85 bits per heavy atom. The molecule has 1 aromatic heterocycles. The number of nitrogens with two attached hydrogens (primary N) is 1. The number of anilines is 1. The van der Waals surface area contributed by atoms with Crippen LogP contribution in [-0.2, 0) is 4.74 Å². The lowest BCUT2D eigenvalue weighted by atomic mass is 10.1. The van der Waals surface area contributed by atoms with E-state index in [0.717, 1.165) is 5.56 Å². The summed E-state index contributed by atoms with van der Waals surface area (Å²) < 4.78 is 5.09. The molecule has 0 saturated carbocycles. The van der Waals surface area contributed by atoms with Gasteiger partial charge in [0.25, 0.3) is 0 Å². The Balaban J connectivity index is 3.33. The van der Waals surface area contributed by atoms with Crippen LogP contribution in [0.5, 0.6) is 0 Å². The van der Waals surface area contributed by atoms with E-state index >= 15 is 0 Å². The topological polar surface area (TPSA) is 65.2 Å². The Morgan fingerprint density at radius 1 is 1.69 bits per heavy atom. The zero-order chi connectivity index (χ0) is 10.0. The van der Waals surface area contributed by atoms with Crippen LogP contribution in [-0.4, -0.2) is 18.1 Å². The Morgan fingerprint density at radius 2 is 2.31 bits per heavy atom. The number of aromatic nitrogens is 1. The minimum atomic E-state index is -0.418. The Labute approximate surface area is 84.2 Å². The summed E-state index contributed by atoms with van der Waals surface area (Å²) in [6, 6.07) is 0. The second-order valence-electron chi connectivity index (χ2n) is 2.51. The molecule has 0 aliphatic heterocycles. The van der Waals surface area contributed by atoms with Crippen molar-refractivity contribution in [1.82, 2.24) is 4.98 Å². The molecule has 2 N–H and O–H groups in total. The van der Waals surface area contributed by atoms with Gasteiger partial charge in [-0.2, -0.15) is 0 Å². The Kier molecular flexibility index (Phi) is 2.87. The number of hydrogen-bond acceptors (Lipinski definition) is 4. The summed E-state index contributed by atoms with van der Waals surface area (Å²) in [5.41, 5.74) is 6.67. The highest BCUT2D eigenvalue weighted by atomic mass is 79.9. The molecule has 0 spiro atoms. The van der Waals surface area contributed by atoms with Crippen molar-refractivity contribution in [3.63, 3.8) is 0 Å². The molecule has 0 saturated heterocycles. The highest BCUT2D eigenvalue weighted by Gasteiger charge is 2.15. The van der Waals surface area contributed by atoms with Crippen molar-refractivity contribution >= 4 is 27.7 Å². The van der Waals surface area contributed by atoms with E-state index in [-0.39, 0.29) is 5.82 Å². The number of halogens is 1. The minimum absolute atomic E-state index is 0.283. The quantitative estimate of drug-likeness (QED) is 0.762. The first-order valence-electron chi connectivity index (χ1n) is 3.56. The van der Waals surface area contributed by atoms with Gasteiger partial charge in [-0.3, -0.25) is 0 Å². The lowest BCUT2D eigenvalue weighted by molar-refractivity contribution is 0.0599. The summed E-state index contributed by atoms with van der Waals surface area (Å²) in [4.78, 5) is 15.2. The van der Waals surface area contributed by atoms with Crippen LogP contribution in [0.15, 0.2) is 10.7 Å². The fourth-order valence-electron chi connectivity index (χ4n) is 0.941. The van der Waals surface area contributed by atoms with E-state index in [1.165, 1.54) is 13.3 Å². The van der Waals surface area contributed by atoms with Gasteiger partial charge in [0.1, 0.15) is 5.82 Å². The van der Waals surface area contributed by atoms with Crippen LogP contribution in [0.1, 0.15) is 15.9 Å². The molecule has 0 aliphatic rings. The van der Waals surface area contributed by atoms with Gasteiger partial charge in [0.15, 0.2) is 0 Å². The minimum Gasteiger partial charge on any atom is -0.465 e. The first-order valence-corrected chi connectivity index (χ1v) is 4.36. The zero-order valence-corrected chi connectivity index (χ0v) is 8.88. The fourth-order valence-corrected chi connectivity index (χ4v) is 1.52. The van der Waals surface area contributed by atoms with Crippen molar-refractivity contribution in [2.45, 2.75) is 6.92 Å². The molecule has 0 aromatic carbocycles. The van der Waals surface area contributed by atoms with E-state index in [1.807, 2.05) is 0 Å². The Bertz CT molecular complexity index is 352. The largest absolute Gasteiger partial charge is 0.465 e. The molecule has 0 radical (unpaired) electrons. The van der Waals surface area contributed by atoms with Gasteiger partial charge < -0.3 is 10.5 Å². The van der Waals surface area contributed by atoms with Crippen LogP contribution in [0, 0.1) is 6.92 Å². The third kappa shape index (κ3) is 1.80. The van der Waals surface area contributed by atoms with Gasteiger partial charge in [-0.1, -0.05) is 0 Å². The molecular weight excluding hydrogens is 236 g/mol. The normalized spacial score (nSPS) is 9.77. The van der Waals surface area contributed by atoms with Crippen molar-refractivity contribution in [2.75, 3.05) is 12.8 Å². The number of rotatable bonds is 1. The van der Waals surface area contributed by atoms with Crippen LogP contribution in [0.25, 0.3) is 0 Å². The maximum atomic E-state index is 11.3. The number of pyridine rings is 1. The van der Waals surface area contributed by atoms with Crippen LogP contribution in [0.4, 0.5) is 5.82 Å². The number of esters is 1. The van der Waals surface area contributed by atoms with Gasteiger partial charge in [-0.05, 0) is 28.4 Å². The molecule has 0 fully saturated rings. The van der Waals surface area contributed by atoms with Crippen LogP contribution < -0.4 is 5.73 Å². The number of aryl methyl sites for hydroxylation is 1.